The van der Waals surface area contributed by atoms with Gasteiger partial charge in [0.2, 0.25) is 15.9 Å². The van der Waals surface area contributed by atoms with Crippen molar-refractivity contribution in [2.45, 2.75) is 24.3 Å². The van der Waals surface area contributed by atoms with Gasteiger partial charge < -0.3 is 14.8 Å². The normalized spacial score (nSPS) is 16.1. The van der Waals surface area contributed by atoms with Gasteiger partial charge in [0.25, 0.3) is 0 Å². The average Bonchev–Trinajstić information content (AvgIpc) is 2.93. The van der Waals surface area contributed by atoms with Crippen LogP contribution in [-0.4, -0.2) is 28.5 Å². The van der Waals surface area contributed by atoms with E-state index in [-0.39, 0.29) is 23.3 Å². The standard InChI is InChI=1S/C18H20N2O5S/c1-11-14-9-13(5-6-15(14)20-18(11)21)26(22,23)19-10-12-4-7-16(24-2)17(8-12)25-3/h4-9,11,19H,10H2,1-3H3,(H,20,21)/t11-/m1/s1. The van der Waals surface area contributed by atoms with Crippen molar-refractivity contribution in [1.29, 1.82) is 0 Å². The molecule has 26 heavy (non-hydrogen) atoms. The molecule has 8 heteroatoms. The molecule has 0 bridgehead atoms. The number of hydrogen-bond acceptors (Lipinski definition) is 5. The average molecular weight is 376 g/mol. The first kappa shape index (κ1) is 18.2. The number of rotatable bonds is 6. The predicted molar refractivity (Wildman–Crippen MR) is 97.1 cm³/mol. The van der Waals surface area contributed by atoms with Gasteiger partial charge in [0.1, 0.15) is 0 Å². The molecule has 1 aliphatic heterocycles. The van der Waals surface area contributed by atoms with Crippen molar-refractivity contribution in [2.75, 3.05) is 19.5 Å². The molecular weight excluding hydrogens is 356 g/mol. The van der Waals surface area contributed by atoms with Crippen LogP contribution in [0.3, 0.4) is 0 Å². The van der Waals surface area contributed by atoms with E-state index in [0.29, 0.717) is 22.7 Å². The van der Waals surface area contributed by atoms with Crippen molar-refractivity contribution in [2.24, 2.45) is 0 Å². The Kier molecular flexibility index (Phi) is 4.88. The third-order valence-electron chi connectivity index (χ3n) is 4.37. The van der Waals surface area contributed by atoms with Crippen LogP contribution >= 0.6 is 0 Å². The third-order valence-corrected chi connectivity index (χ3v) is 5.76. The molecule has 138 valence electrons. The molecule has 0 spiro atoms. The van der Waals surface area contributed by atoms with E-state index in [1.165, 1.54) is 26.4 Å². The van der Waals surface area contributed by atoms with E-state index in [1.54, 1.807) is 31.2 Å². The zero-order valence-corrected chi connectivity index (χ0v) is 15.5. The molecular formula is C18H20N2O5S. The molecule has 0 aromatic heterocycles. The summed E-state index contributed by atoms with van der Waals surface area (Å²) in [5.41, 5.74) is 2.07. The van der Waals surface area contributed by atoms with E-state index in [1.807, 2.05) is 0 Å². The van der Waals surface area contributed by atoms with Crippen LogP contribution in [0.4, 0.5) is 5.69 Å². The lowest BCUT2D eigenvalue weighted by Crippen LogP contribution is -2.23. The van der Waals surface area contributed by atoms with Crippen LogP contribution in [0.15, 0.2) is 41.3 Å². The number of fused-ring (bicyclic) bond motifs is 1. The van der Waals surface area contributed by atoms with Gasteiger partial charge >= 0.3 is 0 Å². The summed E-state index contributed by atoms with van der Waals surface area (Å²) in [6.07, 6.45) is 0. The topological polar surface area (TPSA) is 93.7 Å². The highest BCUT2D eigenvalue weighted by atomic mass is 32.2. The minimum Gasteiger partial charge on any atom is -0.493 e. The summed E-state index contributed by atoms with van der Waals surface area (Å²) in [5, 5.41) is 2.73. The molecule has 0 radical (unpaired) electrons. The second-order valence-electron chi connectivity index (χ2n) is 5.97. The van der Waals surface area contributed by atoms with E-state index < -0.39 is 10.0 Å². The number of ether oxygens (including phenoxy) is 2. The Hall–Kier alpha value is -2.58. The number of sulfonamides is 1. The first-order chi connectivity index (χ1) is 12.4. The summed E-state index contributed by atoms with van der Waals surface area (Å²) < 4.78 is 38.2. The number of hydrogen-bond donors (Lipinski definition) is 2. The molecule has 7 nitrogen and oxygen atoms in total. The number of anilines is 1. The van der Waals surface area contributed by atoms with Crippen LogP contribution in [0, 0.1) is 0 Å². The van der Waals surface area contributed by atoms with Crippen molar-refractivity contribution in [3.05, 3.63) is 47.5 Å². The Morgan fingerprint density at radius 2 is 1.81 bits per heavy atom. The predicted octanol–water partition coefficient (Wildman–Crippen LogP) is 2.24. The van der Waals surface area contributed by atoms with Crippen LogP contribution in [0.5, 0.6) is 11.5 Å². The largest absolute Gasteiger partial charge is 0.493 e. The summed E-state index contributed by atoms with van der Waals surface area (Å²) in [4.78, 5) is 11.8. The van der Waals surface area contributed by atoms with E-state index in [9.17, 15) is 13.2 Å². The van der Waals surface area contributed by atoms with Crippen molar-refractivity contribution in [3.8, 4) is 11.5 Å². The van der Waals surface area contributed by atoms with E-state index >= 15 is 0 Å². The molecule has 2 aromatic carbocycles. The van der Waals surface area contributed by atoms with E-state index in [0.717, 1.165) is 5.56 Å². The highest BCUT2D eigenvalue weighted by molar-refractivity contribution is 7.89. The van der Waals surface area contributed by atoms with Crippen molar-refractivity contribution < 1.29 is 22.7 Å². The summed E-state index contributed by atoms with van der Waals surface area (Å²) in [6, 6.07) is 9.83. The van der Waals surface area contributed by atoms with E-state index in [2.05, 4.69) is 10.0 Å². The fraction of sp³-hybridized carbons (Fsp3) is 0.278. The maximum atomic E-state index is 12.6. The summed E-state index contributed by atoms with van der Waals surface area (Å²) in [6.45, 7) is 1.85. The van der Waals surface area contributed by atoms with Crippen LogP contribution in [-0.2, 0) is 21.4 Å². The van der Waals surface area contributed by atoms with Crippen LogP contribution in [0.1, 0.15) is 24.0 Å². The van der Waals surface area contributed by atoms with Gasteiger partial charge in [-0.3, -0.25) is 4.79 Å². The third kappa shape index (κ3) is 3.38. The first-order valence-corrected chi connectivity index (χ1v) is 9.49. The SMILES string of the molecule is COc1ccc(CNS(=O)(=O)c2ccc3c(c2)[C@@H](C)C(=O)N3)cc1OC. The van der Waals surface area contributed by atoms with Crippen LogP contribution < -0.4 is 19.5 Å². The molecule has 2 N–H and O–H groups in total. The van der Waals surface area contributed by atoms with Gasteiger partial charge in [-0.15, -0.1) is 0 Å². The quantitative estimate of drug-likeness (QED) is 0.806. The minimum absolute atomic E-state index is 0.104. The maximum absolute atomic E-state index is 12.6. The van der Waals surface area contributed by atoms with Crippen molar-refractivity contribution in [3.63, 3.8) is 0 Å². The molecule has 3 rings (SSSR count). The lowest BCUT2D eigenvalue weighted by molar-refractivity contribution is -0.116. The summed E-state index contributed by atoms with van der Waals surface area (Å²) in [7, 11) is -0.660. The fourth-order valence-electron chi connectivity index (χ4n) is 2.81. The second-order valence-corrected chi connectivity index (χ2v) is 7.74. The number of nitrogens with one attached hydrogen (secondary N) is 2. The molecule has 1 aliphatic rings. The van der Waals surface area contributed by atoms with Gasteiger partial charge in [0, 0.05) is 12.2 Å². The molecule has 1 atom stereocenters. The van der Waals surface area contributed by atoms with Gasteiger partial charge in [-0.05, 0) is 48.4 Å². The number of benzene rings is 2. The van der Waals surface area contributed by atoms with Gasteiger partial charge in [0.15, 0.2) is 11.5 Å². The maximum Gasteiger partial charge on any atom is 0.240 e. The van der Waals surface area contributed by atoms with Gasteiger partial charge in [-0.2, -0.15) is 0 Å². The van der Waals surface area contributed by atoms with Crippen LogP contribution in [0.25, 0.3) is 0 Å². The number of carbonyl (C=O) groups is 1. The molecule has 1 amide bonds. The van der Waals surface area contributed by atoms with Crippen molar-refractivity contribution in [1.82, 2.24) is 4.72 Å². The Labute approximate surface area is 152 Å². The lowest BCUT2D eigenvalue weighted by Gasteiger charge is -2.11. The second kappa shape index (κ2) is 6.97. The molecule has 0 saturated carbocycles. The lowest BCUT2D eigenvalue weighted by atomic mass is 10.0. The van der Waals surface area contributed by atoms with Crippen LogP contribution in [0.2, 0.25) is 0 Å². The smallest absolute Gasteiger partial charge is 0.240 e. The highest BCUT2D eigenvalue weighted by Crippen LogP contribution is 2.33. The molecule has 1 heterocycles. The highest BCUT2D eigenvalue weighted by Gasteiger charge is 2.28. The van der Waals surface area contributed by atoms with Gasteiger partial charge in [0.05, 0.1) is 25.0 Å². The molecule has 0 aliphatic carbocycles. The Morgan fingerprint density at radius 1 is 1.08 bits per heavy atom. The molecule has 2 aromatic rings. The Bertz CT molecular complexity index is 956. The molecule has 0 saturated heterocycles. The first-order valence-electron chi connectivity index (χ1n) is 8.01. The number of methoxy groups -OCH3 is 2. The van der Waals surface area contributed by atoms with Gasteiger partial charge in [-0.25, -0.2) is 13.1 Å². The molecule has 0 unspecified atom stereocenters. The Morgan fingerprint density at radius 3 is 2.50 bits per heavy atom. The monoisotopic (exact) mass is 376 g/mol. The molecule has 0 fully saturated rings. The zero-order valence-electron chi connectivity index (χ0n) is 14.7. The zero-order chi connectivity index (χ0) is 18.9. The Balaban J connectivity index is 1.79. The summed E-state index contributed by atoms with van der Waals surface area (Å²) >= 11 is 0. The number of carbonyl (C=O) groups excluding carboxylic acids is 1. The van der Waals surface area contributed by atoms with Crippen molar-refractivity contribution >= 4 is 21.6 Å². The fourth-order valence-corrected chi connectivity index (χ4v) is 3.87. The summed E-state index contributed by atoms with van der Waals surface area (Å²) in [5.74, 6) is 0.600. The number of amides is 1. The van der Waals surface area contributed by atoms with E-state index in [4.69, 9.17) is 9.47 Å². The van der Waals surface area contributed by atoms with Gasteiger partial charge in [-0.1, -0.05) is 6.07 Å². The minimum atomic E-state index is -3.72.